The molecule has 0 spiro atoms. The minimum atomic E-state index is -0.285. The molecule has 0 bridgehead atoms. The van der Waals surface area contributed by atoms with Crippen LogP contribution in [0.5, 0.6) is 0 Å². The van der Waals surface area contributed by atoms with Crippen molar-refractivity contribution in [2.75, 3.05) is 26.2 Å². The minimum absolute atomic E-state index is 0.110. The average Bonchev–Trinajstić information content (AvgIpc) is 2.38. The van der Waals surface area contributed by atoms with Gasteiger partial charge >= 0.3 is 0 Å². The quantitative estimate of drug-likeness (QED) is 0.289. The molecule has 6 nitrogen and oxygen atoms in total. The third-order valence-corrected chi connectivity index (χ3v) is 2.83. The Morgan fingerprint density at radius 2 is 2.35 bits per heavy atom. The molecule has 3 N–H and O–H groups in total. The number of carbonyl (C=O) groups is 1. The SMILES string of the molecule is N#CC1CN(CCCCCC(=O)NN)CCO1. The minimum Gasteiger partial charge on any atom is -0.361 e. The maximum atomic E-state index is 10.9. The summed E-state index contributed by atoms with van der Waals surface area (Å²) in [4.78, 5) is 13.1. The van der Waals surface area contributed by atoms with Crippen LogP contribution in [0.15, 0.2) is 0 Å². The van der Waals surface area contributed by atoms with Crippen LogP contribution >= 0.6 is 0 Å². The van der Waals surface area contributed by atoms with Crippen molar-refractivity contribution in [3.05, 3.63) is 0 Å². The first-order valence-electron chi connectivity index (χ1n) is 5.99. The highest BCUT2D eigenvalue weighted by molar-refractivity contribution is 5.74. The Morgan fingerprint density at radius 3 is 3.06 bits per heavy atom. The Labute approximate surface area is 102 Å². The number of morpholine rings is 1. The monoisotopic (exact) mass is 240 g/mol. The Kier molecular flexibility index (Phi) is 6.55. The van der Waals surface area contributed by atoms with Crippen LogP contribution in [-0.2, 0) is 9.53 Å². The topological polar surface area (TPSA) is 91.4 Å². The van der Waals surface area contributed by atoms with Gasteiger partial charge in [0.25, 0.3) is 0 Å². The smallest absolute Gasteiger partial charge is 0.233 e. The van der Waals surface area contributed by atoms with Gasteiger partial charge in [0.05, 0.1) is 12.7 Å². The third-order valence-electron chi connectivity index (χ3n) is 2.83. The summed E-state index contributed by atoms with van der Waals surface area (Å²) in [7, 11) is 0. The maximum Gasteiger partial charge on any atom is 0.233 e. The van der Waals surface area contributed by atoms with Gasteiger partial charge in [-0.1, -0.05) is 6.42 Å². The predicted octanol–water partition coefficient (Wildman–Crippen LogP) is -0.239. The first kappa shape index (κ1) is 13.9. The van der Waals surface area contributed by atoms with E-state index in [4.69, 9.17) is 15.8 Å². The molecular weight excluding hydrogens is 220 g/mol. The summed E-state index contributed by atoms with van der Waals surface area (Å²) in [5.41, 5.74) is 2.12. The summed E-state index contributed by atoms with van der Waals surface area (Å²) in [6.45, 7) is 3.18. The number of nitrogens with zero attached hydrogens (tertiary/aromatic N) is 2. The first-order chi connectivity index (χ1) is 8.26. The lowest BCUT2D eigenvalue weighted by atomic mass is 10.1. The zero-order valence-corrected chi connectivity index (χ0v) is 10.0. The van der Waals surface area contributed by atoms with Crippen molar-refractivity contribution in [2.45, 2.75) is 31.8 Å². The molecular formula is C11H20N4O2. The normalized spacial score (nSPS) is 20.8. The molecule has 1 aliphatic rings. The fourth-order valence-electron chi connectivity index (χ4n) is 1.85. The fourth-order valence-corrected chi connectivity index (χ4v) is 1.85. The highest BCUT2D eigenvalue weighted by atomic mass is 16.5. The van der Waals surface area contributed by atoms with E-state index in [2.05, 4.69) is 16.4 Å². The number of hydrazine groups is 1. The van der Waals surface area contributed by atoms with Gasteiger partial charge in [-0.3, -0.25) is 15.1 Å². The molecule has 0 saturated carbocycles. The summed E-state index contributed by atoms with van der Waals surface area (Å²) in [5, 5.41) is 8.75. The zero-order valence-electron chi connectivity index (χ0n) is 10.0. The van der Waals surface area contributed by atoms with Crippen LogP contribution in [0.2, 0.25) is 0 Å². The van der Waals surface area contributed by atoms with E-state index in [0.717, 1.165) is 32.4 Å². The van der Waals surface area contributed by atoms with Crippen LogP contribution in [0.1, 0.15) is 25.7 Å². The number of nitrogens with one attached hydrogen (secondary N) is 1. The molecule has 96 valence electrons. The lowest BCUT2D eigenvalue weighted by Gasteiger charge is -2.29. The van der Waals surface area contributed by atoms with Crippen LogP contribution in [0, 0.1) is 11.3 Å². The lowest BCUT2D eigenvalue weighted by molar-refractivity contribution is -0.121. The van der Waals surface area contributed by atoms with E-state index in [-0.39, 0.29) is 12.0 Å². The molecule has 1 unspecified atom stereocenters. The summed E-state index contributed by atoms with van der Waals surface area (Å²) in [6.07, 6.45) is 3.10. The molecule has 0 radical (unpaired) electrons. The standard InChI is InChI=1S/C11H20N4O2/c12-8-10-9-15(6-7-17-10)5-3-1-2-4-11(16)14-13/h10H,1-7,9,13H2,(H,14,16). The van der Waals surface area contributed by atoms with Gasteiger partial charge in [-0.25, -0.2) is 5.84 Å². The van der Waals surface area contributed by atoms with Crippen LogP contribution in [-0.4, -0.2) is 43.2 Å². The van der Waals surface area contributed by atoms with E-state index in [1.807, 2.05) is 0 Å². The van der Waals surface area contributed by atoms with Gasteiger partial charge in [-0.15, -0.1) is 0 Å². The van der Waals surface area contributed by atoms with Gasteiger partial charge < -0.3 is 4.74 Å². The van der Waals surface area contributed by atoms with Crippen molar-refractivity contribution >= 4 is 5.91 Å². The molecule has 17 heavy (non-hydrogen) atoms. The second kappa shape index (κ2) is 8.01. The van der Waals surface area contributed by atoms with Crippen molar-refractivity contribution in [3.8, 4) is 6.07 Å². The van der Waals surface area contributed by atoms with Crippen molar-refractivity contribution in [1.82, 2.24) is 10.3 Å². The van der Waals surface area contributed by atoms with Gasteiger partial charge in [0.2, 0.25) is 5.91 Å². The second-order valence-electron chi connectivity index (χ2n) is 4.17. The van der Waals surface area contributed by atoms with Crippen molar-refractivity contribution in [2.24, 2.45) is 5.84 Å². The Bertz CT molecular complexity index is 277. The van der Waals surface area contributed by atoms with E-state index in [1.165, 1.54) is 0 Å². The summed E-state index contributed by atoms with van der Waals surface area (Å²) in [5.74, 6) is 4.87. The number of hydrogen-bond donors (Lipinski definition) is 2. The van der Waals surface area contributed by atoms with Crippen LogP contribution in [0.4, 0.5) is 0 Å². The first-order valence-corrected chi connectivity index (χ1v) is 5.99. The van der Waals surface area contributed by atoms with Crippen LogP contribution < -0.4 is 11.3 Å². The van der Waals surface area contributed by atoms with E-state index in [1.54, 1.807) is 0 Å². The largest absolute Gasteiger partial charge is 0.361 e. The molecule has 1 fully saturated rings. The van der Waals surface area contributed by atoms with Gasteiger partial charge in [0.1, 0.15) is 0 Å². The summed E-state index contributed by atoms with van der Waals surface area (Å²) in [6, 6.07) is 2.13. The molecule has 0 aromatic heterocycles. The van der Waals surface area contributed by atoms with Gasteiger partial charge in [0, 0.05) is 19.5 Å². The predicted molar refractivity (Wildman–Crippen MR) is 62.6 cm³/mol. The molecule has 1 aliphatic heterocycles. The van der Waals surface area contributed by atoms with Crippen molar-refractivity contribution in [3.63, 3.8) is 0 Å². The number of hydrogen-bond acceptors (Lipinski definition) is 5. The van der Waals surface area contributed by atoms with Gasteiger partial charge in [-0.05, 0) is 19.4 Å². The molecule has 1 atom stereocenters. The van der Waals surface area contributed by atoms with E-state index in [0.29, 0.717) is 19.6 Å². The lowest BCUT2D eigenvalue weighted by Crippen LogP contribution is -2.42. The molecule has 1 saturated heterocycles. The highest BCUT2D eigenvalue weighted by Crippen LogP contribution is 2.07. The number of rotatable bonds is 6. The Hall–Kier alpha value is -1.16. The number of ether oxygens (including phenoxy) is 1. The van der Waals surface area contributed by atoms with E-state index in [9.17, 15) is 4.79 Å². The number of carbonyl (C=O) groups excluding carboxylic acids is 1. The van der Waals surface area contributed by atoms with Crippen molar-refractivity contribution < 1.29 is 9.53 Å². The van der Waals surface area contributed by atoms with Crippen molar-refractivity contribution in [1.29, 1.82) is 5.26 Å². The third kappa shape index (κ3) is 5.63. The number of amides is 1. The van der Waals surface area contributed by atoms with Gasteiger partial charge in [-0.2, -0.15) is 5.26 Å². The molecule has 6 heteroatoms. The van der Waals surface area contributed by atoms with Gasteiger partial charge in [0.15, 0.2) is 6.10 Å². The molecule has 0 aliphatic carbocycles. The molecule has 1 amide bonds. The highest BCUT2D eigenvalue weighted by Gasteiger charge is 2.18. The molecule has 1 heterocycles. The molecule has 1 rings (SSSR count). The van der Waals surface area contributed by atoms with E-state index >= 15 is 0 Å². The molecule has 0 aromatic rings. The number of nitriles is 1. The average molecular weight is 240 g/mol. The number of nitrogens with two attached hydrogens (primary N) is 1. The maximum absolute atomic E-state index is 10.9. The fraction of sp³-hybridized carbons (Fsp3) is 0.818. The Morgan fingerprint density at radius 1 is 1.53 bits per heavy atom. The Balaban J connectivity index is 2.03. The van der Waals surface area contributed by atoms with Crippen LogP contribution in [0.3, 0.4) is 0 Å². The molecule has 0 aromatic carbocycles. The van der Waals surface area contributed by atoms with Crippen LogP contribution in [0.25, 0.3) is 0 Å². The van der Waals surface area contributed by atoms with E-state index < -0.39 is 0 Å². The summed E-state index contributed by atoms with van der Waals surface area (Å²) >= 11 is 0. The second-order valence-corrected chi connectivity index (χ2v) is 4.17. The summed E-state index contributed by atoms with van der Waals surface area (Å²) < 4.78 is 5.26. The zero-order chi connectivity index (χ0) is 12.5. The number of unbranched alkanes of at least 4 members (excludes halogenated alkanes) is 2.